The smallest absolute Gasteiger partial charge is 0.310 e. The topological polar surface area (TPSA) is 54.4 Å². The van der Waals surface area contributed by atoms with E-state index in [0.29, 0.717) is 16.7 Å². The molecule has 0 aromatic heterocycles. The number of carboxylic acids is 1. The Kier molecular flexibility index (Phi) is 4.81. The number of hydrogen-bond donors (Lipinski definition) is 1. The Morgan fingerprint density at radius 1 is 1.05 bits per heavy atom. The van der Waals surface area contributed by atoms with E-state index < -0.39 is 11.9 Å². The zero-order chi connectivity index (χ0) is 15.4. The zero-order valence-electron chi connectivity index (χ0n) is 11.9. The number of hydrogen-bond acceptors (Lipinski definition) is 3. The summed E-state index contributed by atoms with van der Waals surface area (Å²) < 4.78 is 0. The van der Waals surface area contributed by atoms with Crippen molar-refractivity contribution in [2.45, 2.75) is 17.7 Å². The van der Waals surface area contributed by atoms with E-state index in [1.165, 1.54) is 0 Å². The van der Waals surface area contributed by atoms with Crippen molar-refractivity contribution in [1.82, 2.24) is 0 Å². The molecule has 0 aliphatic carbocycles. The van der Waals surface area contributed by atoms with Crippen molar-refractivity contribution in [3.05, 3.63) is 65.2 Å². The molecule has 0 aliphatic heterocycles. The molecule has 0 aliphatic rings. The van der Waals surface area contributed by atoms with Gasteiger partial charge in [-0.2, -0.15) is 0 Å². The summed E-state index contributed by atoms with van der Waals surface area (Å²) in [5.41, 5.74) is 1.75. The molecule has 1 unspecified atom stereocenters. The van der Waals surface area contributed by atoms with E-state index in [-0.39, 0.29) is 5.78 Å². The first-order valence-corrected chi connectivity index (χ1v) is 7.77. The Labute approximate surface area is 128 Å². The number of benzene rings is 2. The third-order valence-corrected chi connectivity index (χ3v) is 4.12. The van der Waals surface area contributed by atoms with Crippen LogP contribution in [0.4, 0.5) is 0 Å². The number of carbonyl (C=O) groups excluding carboxylic acids is 1. The fourth-order valence-corrected chi connectivity index (χ4v) is 2.41. The predicted octanol–water partition coefficient (Wildman–Crippen LogP) is 3.83. The lowest BCUT2D eigenvalue weighted by Gasteiger charge is -2.08. The molecule has 21 heavy (non-hydrogen) atoms. The van der Waals surface area contributed by atoms with Crippen LogP contribution in [0.1, 0.15) is 34.3 Å². The van der Waals surface area contributed by atoms with Crippen LogP contribution in [0.2, 0.25) is 0 Å². The van der Waals surface area contributed by atoms with Gasteiger partial charge in [-0.25, -0.2) is 0 Å². The molecule has 0 spiro atoms. The van der Waals surface area contributed by atoms with Gasteiger partial charge >= 0.3 is 5.97 Å². The Morgan fingerprint density at radius 3 is 2.29 bits per heavy atom. The van der Waals surface area contributed by atoms with E-state index in [2.05, 4.69) is 0 Å². The van der Waals surface area contributed by atoms with Gasteiger partial charge in [0.25, 0.3) is 0 Å². The maximum Gasteiger partial charge on any atom is 0.310 e. The highest BCUT2D eigenvalue weighted by Crippen LogP contribution is 2.20. The molecule has 1 atom stereocenters. The summed E-state index contributed by atoms with van der Waals surface area (Å²) in [6.07, 6.45) is 1.98. The first kappa shape index (κ1) is 15.3. The summed E-state index contributed by atoms with van der Waals surface area (Å²) in [4.78, 5) is 24.6. The summed E-state index contributed by atoms with van der Waals surface area (Å²) in [7, 11) is 0. The van der Waals surface area contributed by atoms with Gasteiger partial charge in [0.15, 0.2) is 5.78 Å². The first-order valence-electron chi connectivity index (χ1n) is 6.54. The van der Waals surface area contributed by atoms with Gasteiger partial charge in [-0.3, -0.25) is 9.59 Å². The van der Waals surface area contributed by atoms with E-state index in [0.717, 1.165) is 4.90 Å². The van der Waals surface area contributed by atoms with Crippen LogP contribution in [0.15, 0.2) is 53.4 Å². The lowest BCUT2D eigenvalue weighted by atomic mass is 9.96. The monoisotopic (exact) mass is 300 g/mol. The molecular formula is C17H16O3S. The molecule has 108 valence electrons. The largest absolute Gasteiger partial charge is 0.481 e. The summed E-state index contributed by atoms with van der Waals surface area (Å²) in [6.45, 7) is 1.61. The molecule has 3 nitrogen and oxygen atoms in total. The summed E-state index contributed by atoms with van der Waals surface area (Å²) in [5, 5.41) is 9.05. The van der Waals surface area contributed by atoms with Crippen molar-refractivity contribution < 1.29 is 14.7 Å². The van der Waals surface area contributed by atoms with Crippen molar-refractivity contribution in [2.75, 3.05) is 6.26 Å². The minimum Gasteiger partial charge on any atom is -0.481 e. The van der Waals surface area contributed by atoms with Gasteiger partial charge in [0.2, 0.25) is 0 Å². The van der Waals surface area contributed by atoms with Gasteiger partial charge < -0.3 is 5.11 Å². The van der Waals surface area contributed by atoms with Crippen LogP contribution in [-0.4, -0.2) is 23.1 Å². The third kappa shape index (κ3) is 3.52. The highest BCUT2D eigenvalue weighted by atomic mass is 32.2. The number of thioether (sulfide) groups is 1. The number of rotatable bonds is 5. The number of aliphatic carboxylic acids is 1. The minimum absolute atomic E-state index is 0.0953. The van der Waals surface area contributed by atoms with Gasteiger partial charge in [0.1, 0.15) is 0 Å². The van der Waals surface area contributed by atoms with E-state index >= 15 is 0 Å². The molecular weight excluding hydrogens is 284 g/mol. The van der Waals surface area contributed by atoms with Crippen molar-refractivity contribution in [3.8, 4) is 0 Å². The highest BCUT2D eigenvalue weighted by molar-refractivity contribution is 7.98. The number of carboxylic acid groups (broad SMARTS) is 1. The zero-order valence-corrected chi connectivity index (χ0v) is 12.7. The summed E-state index contributed by atoms with van der Waals surface area (Å²) >= 11 is 1.62. The van der Waals surface area contributed by atoms with Crippen LogP contribution in [0, 0.1) is 0 Å². The molecule has 0 saturated carbocycles. The molecule has 0 fully saturated rings. The van der Waals surface area contributed by atoms with Crippen LogP contribution < -0.4 is 0 Å². The van der Waals surface area contributed by atoms with Crippen molar-refractivity contribution in [2.24, 2.45) is 0 Å². The lowest BCUT2D eigenvalue weighted by Crippen LogP contribution is -2.09. The summed E-state index contributed by atoms with van der Waals surface area (Å²) in [6, 6.07) is 14.2. The van der Waals surface area contributed by atoms with Gasteiger partial charge in [-0.15, -0.1) is 11.8 Å². The van der Waals surface area contributed by atoms with E-state index in [1.807, 2.05) is 18.4 Å². The summed E-state index contributed by atoms with van der Waals surface area (Å²) in [5.74, 6) is -1.62. The predicted molar refractivity (Wildman–Crippen MR) is 84.1 cm³/mol. The molecule has 4 heteroatoms. The fraction of sp³-hybridized carbons (Fsp3) is 0.176. The fourth-order valence-electron chi connectivity index (χ4n) is 2.00. The molecule has 2 rings (SSSR count). The van der Waals surface area contributed by atoms with E-state index in [1.54, 1.807) is 55.1 Å². The second-order valence-electron chi connectivity index (χ2n) is 4.74. The Hall–Kier alpha value is -2.07. The van der Waals surface area contributed by atoms with Crippen LogP contribution in [0.3, 0.4) is 0 Å². The average Bonchev–Trinajstić information content (AvgIpc) is 2.53. The quantitative estimate of drug-likeness (QED) is 0.673. The van der Waals surface area contributed by atoms with Gasteiger partial charge in [-0.1, -0.05) is 18.2 Å². The standard InChI is InChI=1S/C17H16O3S/c1-11(17(19)20)13-4-3-5-14(10-13)16(18)12-6-8-15(21-2)9-7-12/h3-11H,1-2H3,(H,19,20). The second-order valence-corrected chi connectivity index (χ2v) is 5.62. The highest BCUT2D eigenvalue weighted by Gasteiger charge is 2.16. The molecule has 1 N–H and O–H groups in total. The average molecular weight is 300 g/mol. The molecule has 2 aromatic carbocycles. The Balaban J connectivity index is 2.30. The maximum absolute atomic E-state index is 12.4. The van der Waals surface area contributed by atoms with Crippen molar-refractivity contribution >= 4 is 23.5 Å². The molecule has 2 aromatic rings. The lowest BCUT2D eigenvalue weighted by molar-refractivity contribution is -0.138. The van der Waals surface area contributed by atoms with Crippen LogP contribution in [0.5, 0.6) is 0 Å². The Bertz CT molecular complexity index is 662. The van der Waals surface area contributed by atoms with Gasteiger partial charge in [-0.05, 0) is 49.1 Å². The molecule has 0 heterocycles. The SMILES string of the molecule is CSc1ccc(C(=O)c2cccc(C(C)C(=O)O)c2)cc1. The number of carbonyl (C=O) groups is 2. The minimum atomic E-state index is -0.899. The molecule has 0 bridgehead atoms. The van der Waals surface area contributed by atoms with E-state index in [4.69, 9.17) is 5.11 Å². The van der Waals surface area contributed by atoms with Crippen LogP contribution in [-0.2, 0) is 4.79 Å². The molecule has 0 radical (unpaired) electrons. The van der Waals surface area contributed by atoms with Crippen LogP contribution in [0.25, 0.3) is 0 Å². The van der Waals surface area contributed by atoms with Gasteiger partial charge in [0, 0.05) is 16.0 Å². The van der Waals surface area contributed by atoms with Gasteiger partial charge in [0.05, 0.1) is 5.92 Å². The Morgan fingerprint density at radius 2 is 1.71 bits per heavy atom. The second kappa shape index (κ2) is 6.59. The first-order chi connectivity index (χ1) is 10.0. The maximum atomic E-state index is 12.4. The third-order valence-electron chi connectivity index (χ3n) is 3.37. The molecule has 0 saturated heterocycles. The van der Waals surface area contributed by atoms with Crippen molar-refractivity contribution in [3.63, 3.8) is 0 Å². The number of ketones is 1. The molecule has 0 amide bonds. The van der Waals surface area contributed by atoms with Crippen molar-refractivity contribution in [1.29, 1.82) is 0 Å². The normalized spacial score (nSPS) is 11.9. The van der Waals surface area contributed by atoms with E-state index in [9.17, 15) is 9.59 Å². The van der Waals surface area contributed by atoms with Crippen LogP contribution >= 0.6 is 11.8 Å².